The summed E-state index contributed by atoms with van der Waals surface area (Å²) in [5.41, 5.74) is 0.927. The van der Waals surface area contributed by atoms with Gasteiger partial charge in [-0.15, -0.1) is 0 Å². The predicted octanol–water partition coefficient (Wildman–Crippen LogP) is 3.34. The zero-order chi connectivity index (χ0) is 15.8. The number of nitrogens with one attached hydrogen (secondary N) is 2. The van der Waals surface area contributed by atoms with E-state index in [1.165, 1.54) is 0 Å². The summed E-state index contributed by atoms with van der Waals surface area (Å²) in [6.07, 6.45) is 1.29. The number of carboxylic acid groups (broad SMARTS) is 1. The fourth-order valence-corrected chi connectivity index (χ4v) is 2.15. The number of carboxylic acids is 1. The zero-order valence-corrected chi connectivity index (χ0v) is 13.0. The van der Waals surface area contributed by atoms with E-state index in [4.69, 9.17) is 16.7 Å². The van der Waals surface area contributed by atoms with Crippen LogP contribution in [0.5, 0.6) is 0 Å². The van der Waals surface area contributed by atoms with Gasteiger partial charge in [-0.25, -0.2) is 4.79 Å². The molecule has 0 aromatic heterocycles. The van der Waals surface area contributed by atoms with Crippen LogP contribution >= 0.6 is 11.6 Å². The minimum Gasteiger partial charge on any atom is -0.481 e. The van der Waals surface area contributed by atoms with Gasteiger partial charge in [0.25, 0.3) is 0 Å². The molecule has 0 saturated heterocycles. The second kappa shape index (κ2) is 8.52. The van der Waals surface area contributed by atoms with Gasteiger partial charge in [-0.2, -0.15) is 0 Å². The molecule has 3 N–H and O–H groups in total. The molecule has 1 rings (SSSR count). The summed E-state index contributed by atoms with van der Waals surface area (Å²) < 4.78 is 0. The van der Waals surface area contributed by atoms with E-state index in [9.17, 15) is 9.59 Å². The summed E-state index contributed by atoms with van der Waals surface area (Å²) in [7, 11) is 0. The highest BCUT2D eigenvalue weighted by atomic mass is 35.5. The molecule has 0 spiro atoms. The van der Waals surface area contributed by atoms with Gasteiger partial charge in [-0.05, 0) is 44.4 Å². The van der Waals surface area contributed by atoms with Crippen LogP contribution in [0.3, 0.4) is 0 Å². The summed E-state index contributed by atoms with van der Waals surface area (Å²) in [5, 5.41) is 14.8. The van der Waals surface area contributed by atoms with E-state index in [0.717, 1.165) is 5.56 Å². The molecule has 0 radical (unpaired) electrons. The lowest BCUT2D eigenvalue weighted by Crippen LogP contribution is -2.41. The van der Waals surface area contributed by atoms with Crippen LogP contribution in [0, 0.1) is 0 Å². The number of urea groups is 1. The van der Waals surface area contributed by atoms with Crippen LogP contribution in [0.25, 0.3) is 0 Å². The second-order valence-electron chi connectivity index (χ2n) is 5.08. The lowest BCUT2D eigenvalue weighted by Gasteiger charge is -2.18. The zero-order valence-electron chi connectivity index (χ0n) is 12.2. The van der Waals surface area contributed by atoms with Crippen molar-refractivity contribution in [3.05, 3.63) is 34.9 Å². The predicted molar refractivity (Wildman–Crippen MR) is 82.5 cm³/mol. The van der Waals surface area contributed by atoms with Crippen LogP contribution < -0.4 is 10.6 Å². The van der Waals surface area contributed by atoms with Gasteiger partial charge in [0.1, 0.15) is 0 Å². The number of rotatable bonds is 7. The summed E-state index contributed by atoms with van der Waals surface area (Å²) in [4.78, 5) is 22.3. The molecule has 21 heavy (non-hydrogen) atoms. The minimum absolute atomic E-state index is 0.0732. The van der Waals surface area contributed by atoms with Gasteiger partial charge >= 0.3 is 12.0 Å². The van der Waals surface area contributed by atoms with Gasteiger partial charge < -0.3 is 15.7 Å². The van der Waals surface area contributed by atoms with Crippen molar-refractivity contribution in [1.82, 2.24) is 10.6 Å². The van der Waals surface area contributed by atoms with Gasteiger partial charge in [0, 0.05) is 17.5 Å². The summed E-state index contributed by atoms with van der Waals surface area (Å²) in [5.74, 6) is -0.818. The van der Waals surface area contributed by atoms with Crippen molar-refractivity contribution in [1.29, 1.82) is 0 Å². The second-order valence-corrected chi connectivity index (χ2v) is 5.52. The van der Waals surface area contributed by atoms with Crippen molar-refractivity contribution in [2.45, 2.75) is 45.2 Å². The highest BCUT2D eigenvalue weighted by molar-refractivity contribution is 6.30. The Morgan fingerprint density at radius 1 is 1.29 bits per heavy atom. The fourth-order valence-electron chi connectivity index (χ4n) is 1.95. The molecular weight excluding hydrogens is 292 g/mol. The normalized spacial score (nSPS) is 13.3. The van der Waals surface area contributed by atoms with Crippen molar-refractivity contribution < 1.29 is 14.7 Å². The fraction of sp³-hybridized carbons (Fsp3) is 0.467. The number of hydrogen-bond donors (Lipinski definition) is 3. The van der Waals surface area contributed by atoms with E-state index in [0.29, 0.717) is 17.9 Å². The van der Waals surface area contributed by atoms with E-state index < -0.39 is 5.97 Å². The maximum atomic E-state index is 11.8. The highest BCUT2D eigenvalue weighted by Crippen LogP contribution is 2.17. The molecule has 0 aliphatic rings. The van der Waals surface area contributed by atoms with Gasteiger partial charge in [0.2, 0.25) is 0 Å². The Kier molecular flexibility index (Phi) is 7.02. The third-order valence-electron chi connectivity index (χ3n) is 3.10. The average Bonchev–Trinajstić information content (AvgIpc) is 2.37. The van der Waals surface area contributed by atoms with Gasteiger partial charge in [0.05, 0.1) is 6.04 Å². The van der Waals surface area contributed by atoms with Crippen molar-refractivity contribution in [3.63, 3.8) is 0 Å². The molecule has 1 aromatic carbocycles. The molecule has 116 valence electrons. The molecule has 2 unspecified atom stereocenters. The summed E-state index contributed by atoms with van der Waals surface area (Å²) in [6.45, 7) is 3.73. The first-order valence-corrected chi connectivity index (χ1v) is 7.30. The number of carbonyl (C=O) groups excluding carboxylic acids is 1. The molecule has 6 heteroatoms. The van der Waals surface area contributed by atoms with Crippen molar-refractivity contribution >= 4 is 23.6 Å². The van der Waals surface area contributed by atoms with E-state index in [1.54, 1.807) is 6.07 Å². The number of halogens is 1. The topological polar surface area (TPSA) is 78.4 Å². The van der Waals surface area contributed by atoms with Gasteiger partial charge in [-0.3, -0.25) is 4.79 Å². The van der Waals surface area contributed by atoms with E-state index in [-0.39, 0.29) is 24.5 Å². The van der Waals surface area contributed by atoms with Crippen molar-refractivity contribution in [2.24, 2.45) is 0 Å². The highest BCUT2D eigenvalue weighted by Gasteiger charge is 2.12. The summed E-state index contributed by atoms with van der Waals surface area (Å²) in [6, 6.07) is 6.82. The standard InChI is InChI=1S/C15H21ClN2O3/c1-10(5-3-8-14(19)20)17-15(21)18-11(2)12-6-4-7-13(16)9-12/h4,6-7,9-11H,3,5,8H2,1-2H3,(H,19,20)(H2,17,18,21). The number of hydrogen-bond acceptors (Lipinski definition) is 2. The number of carbonyl (C=O) groups is 2. The maximum Gasteiger partial charge on any atom is 0.315 e. The number of aliphatic carboxylic acids is 1. The van der Waals surface area contributed by atoms with Crippen LogP contribution in [-0.4, -0.2) is 23.1 Å². The van der Waals surface area contributed by atoms with E-state index in [2.05, 4.69) is 10.6 Å². The Labute approximate surface area is 129 Å². The molecule has 0 aliphatic carbocycles. The Hall–Kier alpha value is -1.75. The first kappa shape index (κ1) is 17.3. The molecule has 0 fully saturated rings. The lowest BCUT2D eigenvalue weighted by atomic mass is 10.1. The van der Waals surface area contributed by atoms with Crippen molar-refractivity contribution in [3.8, 4) is 0 Å². The molecule has 5 nitrogen and oxygen atoms in total. The number of benzene rings is 1. The van der Waals surface area contributed by atoms with Gasteiger partial charge in [-0.1, -0.05) is 23.7 Å². The molecule has 0 aliphatic heterocycles. The molecule has 2 atom stereocenters. The molecule has 0 bridgehead atoms. The Balaban J connectivity index is 2.37. The van der Waals surface area contributed by atoms with E-state index >= 15 is 0 Å². The van der Waals surface area contributed by atoms with Crippen LogP contribution in [0.15, 0.2) is 24.3 Å². The van der Waals surface area contributed by atoms with Gasteiger partial charge in [0.15, 0.2) is 0 Å². The molecule has 1 aromatic rings. The van der Waals surface area contributed by atoms with Crippen LogP contribution in [0.4, 0.5) is 4.79 Å². The Morgan fingerprint density at radius 2 is 2.00 bits per heavy atom. The molecule has 0 heterocycles. The Bertz CT molecular complexity index is 494. The first-order valence-electron chi connectivity index (χ1n) is 6.92. The molecule has 2 amide bonds. The largest absolute Gasteiger partial charge is 0.481 e. The Morgan fingerprint density at radius 3 is 2.62 bits per heavy atom. The lowest BCUT2D eigenvalue weighted by molar-refractivity contribution is -0.137. The minimum atomic E-state index is -0.818. The first-order chi connectivity index (χ1) is 9.88. The summed E-state index contributed by atoms with van der Waals surface area (Å²) >= 11 is 5.92. The van der Waals surface area contributed by atoms with Crippen LogP contribution in [0.2, 0.25) is 5.02 Å². The SMILES string of the molecule is CC(CCCC(=O)O)NC(=O)NC(C)c1cccc(Cl)c1. The number of amides is 2. The smallest absolute Gasteiger partial charge is 0.315 e. The monoisotopic (exact) mass is 312 g/mol. The third-order valence-corrected chi connectivity index (χ3v) is 3.34. The average molecular weight is 313 g/mol. The van der Waals surface area contributed by atoms with Crippen LogP contribution in [0.1, 0.15) is 44.7 Å². The third kappa shape index (κ3) is 6.99. The van der Waals surface area contributed by atoms with E-state index in [1.807, 2.05) is 32.0 Å². The molecule has 0 saturated carbocycles. The molecular formula is C15H21ClN2O3. The van der Waals surface area contributed by atoms with Crippen LogP contribution in [-0.2, 0) is 4.79 Å². The maximum absolute atomic E-state index is 11.8. The quantitative estimate of drug-likeness (QED) is 0.722. The van der Waals surface area contributed by atoms with Crippen molar-refractivity contribution in [2.75, 3.05) is 0 Å².